The van der Waals surface area contributed by atoms with E-state index in [1.165, 1.54) is 36.0 Å². The van der Waals surface area contributed by atoms with Crippen LogP contribution in [0, 0.1) is 12.7 Å². The molecule has 1 heterocycles. The number of carbonyl (C=O) groups is 2. The van der Waals surface area contributed by atoms with Crippen molar-refractivity contribution >= 4 is 46.6 Å². The molecule has 0 aliphatic heterocycles. The largest absolute Gasteiger partial charge is 0.326 e. The number of aromatic nitrogens is 3. The van der Waals surface area contributed by atoms with E-state index in [0.717, 1.165) is 5.56 Å². The number of hydrogen-bond donors (Lipinski definition) is 2. The van der Waals surface area contributed by atoms with Crippen molar-refractivity contribution < 1.29 is 14.0 Å². The molecular formula is C22H21ClFN5O2S. The van der Waals surface area contributed by atoms with Crippen LogP contribution in [-0.4, -0.2) is 32.3 Å². The molecule has 0 radical (unpaired) electrons. The standard InChI is InChI=1S/C22H21ClFN5O2S/c1-3-10-29-19(12-20(30)25-17-8-6-16(24)7-9-17)27-28-22(29)32-13-21(31)26-18-11-15(23)5-4-14(18)2/h3-9,11H,1,10,12-13H2,2H3,(H,25,30)(H,26,31). The van der Waals surface area contributed by atoms with Gasteiger partial charge in [-0.25, -0.2) is 4.39 Å². The van der Waals surface area contributed by atoms with E-state index in [2.05, 4.69) is 27.4 Å². The van der Waals surface area contributed by atoms with Crippen LogP contribution in [0.2, 0.25) is 5.02 Å². The molecule has 7 nitrogen and oxygen atoms in total. The number of thioether (sulfide) groups is 1. The van der Waals surface area contributed by atoms with Gasteiger partial charge in [0.1, 0.15) is 11.6 Å². The summed E-state index contributed by atoms with van der Waals surface area (Å²) in [7, 11) is 0. The summed E-state index contributed by atoms with van der Waals surface area (Å²) in [4.78, 5) is 24.8. The van der Waals surface area contributed by atoms with E-state index in [9.17, 15) is 14.0 Å². The fourth-order valence-electron chi connectivity index (χ4n) is 2.80. The quantitative estimate of drug-likeness (QED) is 0.353. The van der Waals surface area contributed by atoms with Gasteiger partial charge in [0, 0.05) is 22.9 Å². The van der Waals surface area contributed by atoms with E-state index in [4.69, 9.17) is 11.6 Å². The van der Waals surface area contributed by atoms with Crippen LogP contribution in [0.5, 0.6) is 0 Å². The van der Waals surface area contributed by atoms with Gasteiger partial charge in [0.15, 0.2) is 5.16 Å². The zero-order valence-electron chi connectivity index (χ0n) is 17.3. The van der Waals surface area contributed by atoms with E-state index >= 15 is 0 Å². The summed E-state index contributed by atoms with van der Waals surface area (Å²) in [5.41, 5.74) is 2.03. The van der Waals surface area contributed by atoms with E-state index < -0.39 is 0 Å². The van der Waals surface area contributed by atoms with Crippen molar-refractivity contribution in [2.24, 2.45) is 0 Å². The number of nitrogens with one attached hydrogen (secondary N) is 2. The molecule has 2 aromatic carbocycles. The highest BCUT2D eigenvalue weighted by Gasteiger charge is 2.17. The fourth-order valence-corrected chi connectivity index (χ4v) is 3.74. The zero-order valence-corrected chi connectivity index (χ0v) is 18.8. The highest BCUT2D eigenvalue weighted by molar-refractivity contribution is 7.99. The summed E-state index contributed by atoms with van der Waals surface area (Å²) in [6.07, 6.45) is 1.62. The second kappa shape index (κ2) is 10.9. The zero-order chi connectivity index (χ0) is 23.1. The van der Waals surface area contributed by atoms with Crippen LogP contribution >= 0.6 is 23.4 Å². The second-order valence-corrected chi connectivity index (χ2v) is 8.20. The van der Waals surface area contributed by atoms with Crippen LogP contribution in [0.1, 0.15) is 11.4 Å². The molecule has 2 N–H and O–H groups in total. The Morgan fingerprint density at radius 2 is 1.91 bits per heavy atom. The highest BCUT2D eigenvalue weighted by atomic mass is 35.5. The molecule has 3 rings (SSSR count). The van der Waals surface area contributed by atoms with Crippen LogP contribution in [-0.2, 0) is 22.6 Å². The lowest BCUT2D eigenvalue weighted by Gasteiger charge is -2.10. The number of nitrogens with zero attached hydrogens (tertiary/aromatic N) is 3. The van der Waals surface area contributed by atoms with Gasteiger partial charge in [-0.15, -0.1) is 16.8 Å². The third-order valence-corrected chi connectivity index (χ3v) is 5.56. The van der Waals surface area contributed by atoms with Crippen molar-refractivity contribution in [2.75, 3.05) is 16.4 Å². The normalized spacial score (nSPS) is 10.6. The first-order valence-corrected chi connectivity index (χ1v) is 11.0. The van der Waals surface area contributed by atoms with Gasteiger partial charge in [-0.2, -0.15) is 0 Å². The molecule has 1 aromatic heterocycles. The summed E-state index contributed by atoms with van der Waals surface area (Å²) in [5, 5.41) is 14.8. The molecule has 0 bridgehead atoms. The fraction of sp³-hybridized carbons (Fsp3) is 0.182. The van der Waals surface area contributed by atoms with Gasteiger partial charge >= 0.3 is 0 Å². The smallest absolute Gasteiger partial charge is 0.234 e. The first-order chi connectivity index (χ1) is 15.4. The number of amides is 2. The number of aryl methyl sites for hydroxylation is 1. The van der Waals surface area contributed by atoms with Crippen molar-refractivity contribution in [3.8, 4) is 0 Å². The maximum absolute atomic E-state index is 13.0. The Bertz CT molecular complexity index is 1130. The predicted octanol–water partition coefficient (Wildman–Crippen LogP) is 4.48. The van der Waals surface area contributed by atoms with Crippen molar-refractivity contribution in [3.05, 3.63) is 77.3 Å². The number of halogens is 2. The number of benzene rings is 2. The lowest BCUT2D eigenvalue weighted by molar-refractivity contribution is -0.116. The van der Waals surface area contributed by atoms with E-state index in [1.807, 2.05) is 13.0 Å². The number of anilines is 2. The van der Waals surface area contributed by atoms with Gasteiger partial charge < -0.3 is 15.2 Å². The van der Waals surface area contributed by atoms with Gasteiger partial charge in [-0.3, -0.25) is 9.59 Å². The van der Waals surface area contributed by atoms with Gasteiger partial charge in [0.05, 0.1) is 12.2 Å². The Morgan fingerprint density at radius 3 is 2.62 bits per heavy atom. The Morgan fingerprint density at radius 1 is 1.16 bits per heavy atom. The van der Waals surface area contributed by atoms with Gasteiger partial charge in [-0.05, 0) is 48.9 Å². The SMILES string of the molecule is C=CCn1c(CC(=O)Nc2ccc(F)cc2)nnc1SCC(=O)Nc1cc(Cl)ccc1C. The number of carbonyl (C=O) groups excluding carboxylic acids is 2. The molecule has 166 valence electrons. The molecule has 32 heavy (non-hydrogen) atoms. The minimum atomic E-state index is -0.384. The first kappa shape index (κ1) is 23.5. The highest BCUT2D eigenvalue weighted by Crippen LogP contribution is 2.22. The number of rotatable bonds is 9. The minimum Gasteiger partial charge on any atom is -0.326 e. The second-order valence-electron chi connectivity index (χ2n) is 6.83. The number of hydrogen-bond acceptors (Lipinski definition) is 5. The first-order valence-electron chi connectivity index (χ1n) is 9.63. The third-order valence-electron chi connectivity index (χ3n) is 4.36. The molecule has 3 aromatic rings. The van der Waals surface area contributed by atoms with Crippen LogP contribution in [0.3, 0.4) is 0 Å². The van der Waals surface area contributed by atoms with Crippen LogP contribution < -0.4 is 10.6 Å². The van der Waals surface area contributed by atoms with Crippen molar-refractivity contribution in [1.29, 1.82) is 0 Å². The molecule has 0 atom stereocenters. The molecule has 0 aliphatic rings. The van der Waals surface area contributed by atoms with Gasteiger partial charge in [-0.1, -0.05) is 35.5 Å². The monoisotopic (exact) mass is 473 g/mol. The van der Waals surface area contributed by atoms with Gasteiger partial charge in [0.25, 0.3) is 0 Å². The Balaban J connectivity index is 1.62. The van der Waals surface area contributed by atoms with Gasteiger partial charge in [0.2, 0.25) is 11.8 Å². The predicted molar refractivity (Wildman–Crippen MR) is 124 cm³/mol. The Kier molecular flexibility index (Phi) is 8.02. The molecule has 10 heteroatoms. The summed E-state index contributed by atoms with van der Waals surface area (Å²) in [6.45, 7) is 5.98. The van der Waals surface area contributed by atoms with Crippen molar-refractivity contribution in [3.63, 3.8) is 0 Å². The van der Waals surface area contributed by atoms with Crippen LogP contribution in [0.4, 0.5) is 15.8 Å². The average Bonchev–Trinajstić information content (AvgIpc) is 3.12. The molecule has 0 fully saturated rings. The summed E-state index contributed by atoms with van der Waals surface area (Å²) in [6, 6.07) is 10.8. The number of allylic oxidation sites excluding steroid dienone is 1. The molecule has 2 amide bonds. The topological polar surface area (TPSA) is 88.9 Å². The molecule has 0 aliphatic carbocycles. The summed E-state index contributed by atoms with van der Waals surface area (Å²) < 4.78 is 14.7. The molecule has 0 spiro atoms. The summed E-state index contributed by atoms with van der Waals surface area (Å²) in [5.74, 6) is -0.393. The molecular weight excluding hydrogens is 453 g/mol. The van der Waals surface area contributed by atoms with Crippen LogP contribution in [0.25, 0.3) is 0 Å². The minimum absolute atomic E-state index is 0.0350. The van der Waals surface area contributed by atoms with Crippen molar-refractivity contribution in [2.45, 2.75) is 25.0 Å². The van der Waals surface area contributed by atoms with E-state index in [1.54, 1.807) is 22.8 Å². The Labute approximate surface area is 194 Å². The third kappa shape index (κ3) is 6.41. The lowest BCUT2D eigenvalue weighted by Crippen LogP contribution is -2.18. The van der Waals surface area contributed by atoms with Crippen LogP contribution in [0.15, 0.2) is 60.3 Å². The van der Waals surface area contributed by atoms with Crippen molar-refractivity contribution in [1.82, 2.24) is 14.8 Å². The maximum Gasteiger partial charge on any atom is 0.234 e. The maximum atomic E-state index is 13.0. The van der Waals surface area contributed by atoms with E-state index in [-0.39, 0.29) is 29.8 Å². The average molecular weight is 474 g/mol. The molecule has 0 saturated heterocycles. The Hall–Kier alpha value is -3.17. The van der Waals surface area contributed by atoms with E-state index in [0.29, 0.717) is 33.9 Å². The molecule has 0 saturated carbocycles. The summed E-state index contributed by atoms with van der Waals surface area (Å²) >= 11 is 7.20. The lowest BCUT2D eigenvalue weighted by atomic mass is 10.2. The molecule has 0 unspecified atom stereocenters.